The first-order chi connectivity index (χ1) is 9.22. The van der Waals surface area contributed by atoms with E-state index in [-0.39, 0.29) is 0 Å². The molecule has 0 amide bonds. The van der Waals surface area contributed by atoms with Crippen molar-refractivity contribution in [3.63, 3.8) is 0 Å². The molecular formula is C15H12N4. The molecule has 0 bridgehead atoms. The molecule has 0 aliphatic heterocycles. The molecule has 0 unspecified atom stereocenters. The monoisotopic (exact) mass is 248 g/mol. The number of fused-ring (bicyclic) bond motifs is 4. The quantitative estimate of drug-likeness (QED) is 0.447. The molecule has 2 aromatic carbocycles. The van der Waals surface area contributed by atoms with Gasteiger partial charge in [-0.2, -0.15) is 0 Å². The summed E-state index contributed by atoms with van der Waals surface area (Å²) in [5.41, 5.74) is 13.7. The topological polar surface area (TPSA) is 80.7 Å². The number of nitrogens with two attached hydrogens (primary N) is 2. The molecule has 0 radical (unpaired) electrons. The smallest absolute Gasteiger partial charge is 0.135 e. The highest BCUT2D eigenvalue weighted by atomic mass is 14.9. The van der Waals surface area contributed by atoms with E-state index >= 15 is 0 Å². The van der Waals surface area contributed by atoms with Gasteiger partial charge < -0.3 is 16.5 Å². The molecule has 0 aliphatic rings. The SMILES string of the molecule is Nc1cc2[nH]c3cc4ccccc4cc3c2c(N)n1. The number of hydrogen-bond acceptors (Lipinski definition) is 3. The van der Waals surface area contributed by atoms with Gasteiger partial charge in [0.2, 0.25) is 0 Å². The fourth-order valence-electron chi connectivity index (χ4n) is 2.66. The second-order valence-electron chi connectivity index (χ2n) is 4.72. The molecule has 4 nitrogen and oxygen atoms in total. The molecule has 4 aromatic rings. The number of pyridine rings is 1. The predicted octanol–water partition coefficient (Wildman–Crippen LogP) is 3.03. The number of anilines is 2. The zero-order valence-corrected chi connectivity index (χ0v) is 10.1. The number of rotatable bonds is 0. The lowest BCUT2D eigenvalue weighted by atomic mass is 10.1. The predicted molar refractivity (Wildman–Crippen MR) is 79.9 cm³/mol. The Bertz CT molecular complexity index is 937. The summed E-state index contributed by atoms with van der Waals surface area (Å²) in [7, 11) is 0. The molecule has 5 N–H and O–H groups in total. The first-order valence-electron chi connectivity index (χ1n) is 6.08. The van der Waals surface area contributed by atoms with Crippen molar-refractivity contribution in [3.05, 3.63) is 42.5 Å². The standard InChI is InChI=1S/C15H12N4/c16-13-7-12-14(15(17)19-13)10-5-8-3-1-2-4-9(8)6-11(10)18-12/h1-7,18H,(H4,16,17,19). The van der Waals surface area contributed by atoms with Crippen LogP contribution in [0.25, 0.3) is 32.6 Å². The summed E-state index contributed by atoms with van der Waals surface area (Å²) in [4.78, 5) is 7.49. The number of nitrogens with zero attached hydrogens (tertiary/aromatic N) is 1. The minimum absolute atomic E-state index is 0.432. The lowest BCUT2D eigenvalue weighted by Gasteiger charge is -2.00. The number of hydrogen-bond donors (Lipinski definition) is 3. The lowest BCUT2D eigenvalue weighted by molar-refractivity contribution is 1.37. The van der Waals surface area contributed by atoms with Crippen molar-refractivity contribution in [2.45, 2.75) is 0 Å². The van der Waals surface area contributed by atoms with Crippen LogP contribution >= 0.6 is 0 Å². The summed E-state index contributed by atoms with van der Waals surface area (Å²) >= 11 is 0. The Hall–Kier alpha value is -2.75. The highest BCUT2D eigenvalue weighted by Crippen LogP contribution is 2.32. The molecule has 4 rings (SSSR count). The van der Waals surface area contributed by atoms with Gasteiger partial charge in [0.25, 0.3) is 0 Å². The molecule has 2 aromatic heterocycles. The fourth-order valence-corrected chi connectivity index (χ4v) is 2.66. The van der Waals surface area contributed by atoms with E-state index in [1.807, 2.05) is 18.2 Å². The summed E-state index contributed by atoms with van der Waals surface area (Å²) in [5, 5.41) is 4.40. The second-order valence-corrected chi connectivity index (χ2v) is 4.72. The molecule has 0 aliphatic carbocycles. The first kappa shape index (κ1) is 10.2. The molecule has 0 fully saturated rings. The molecule has 0 saturated heterocycles. The molecule has 0 spiro atoms. The molecule has 92 valence electrons. The van der Waals surface area contributed by atoms with E-state index in [9.17, 15) is 0 Å². The van der Waals surface area contributed by atoms with Crippen molar-refractivity contribution in [2.75, 3.05) is 11.5 Å². The van der Waals surface area contributed by atoms with Crippen LogP contribution in [0.1, 0.15) is 0 Å². The van der Waals surface area contributed by atoms with E-state index in [4.69, 9.17) is 11.5 Å². The van der Waals surface area contributed by atoms with E-state index in [1.165, 1.54) is 10.8 Å². The number of aromatic nitrogens is 2. The highest BCUT2D eigenvalue weighted by Gasteiger charge is 2.10. The number of aromatic amines is 1. The van der Waals surface area contributed by atoms with Crippen LogP contribution in [0.4, 0.5) is 11.6 Å². The molecule has 19 heavy (non-hydrogen) atoms. The van der Waals surface area contributed by atoms with E-state index in [0.29, 0.717) is 11.6 Å². The summed E-state index contributed by atoms with van der Waals surface area (Å²) in [6.45, 7) is 0. The molecule has 4 heteroatoms. The fraction of sp³-hybridized carbons (Fsp3) is 0. The van der Waals surface area contributed by atoms with Crippen LogP contribution in [0.3, 0.4) is 0 Å². The average Bonchev–Trinajstić information content (AvgIpc) is 2.72. The van der Waals surface area contributed by atoms with E-state index in [2.05, 4.69) is 34.2 Å². The third kappa shape index (κ3) is 1.37. The van der Waals surface area contributed by atoms with Gasteiger partial charge in [-0.1, -0.05) is 24.3 Å². The van der Waals surface area contributed by atoms with Crippen molar-refractivity contribution in [3.8, 4) is 0 Å². The van der Waals surface area contributed by atoms with Gasteiger partial charge in [0.05, 0.1) is 5.52 Å². The first-order valence-corrected chi connectivity index (χ1v) is 6.08. The normalized spacial score (nSPS) is 11.6. The van der Waals surface area contributed by atoms with Crippen LogP contribution < -0.4 is 11.5 Å². The van der Waals surface area contributed by atoms with Gasteiger partial charge in [-0.15, -0.1) is 0 Å². The van der Waals surface area contributed by atoms with Crippen LogP contribution in [-0.4, -0.2) is 9.97 Å². The Morgan fingerprint density at radius 3 is 2.42 bits per heavy atom. The Balaban J connectivity index is 2.26. The summed E-state index contributed by atoms with van der Waals surface area (Å²) < 4.78 is 0. The van der Waals surface area contributed by atoms with Crippen molar-refractivity contribution in [1.82, 2.24) is 9.97 Å². The van der Waals surface area contributed by atoms with Gasteiger partial charge in [-0.25, -0.2) is 4.98 Å². The maximum Gasteiger partial charge on any atom is 0.135 e. The Morgan fingerprint density at radius 2 is 1.63 bits per heavy atom. The second kappa shape index (κ2) is 3.38. The lowest BCUT2D eigenvalue weighted by Crippen LogP contribution is -1.95. The van der Waals surface area contributed by atoms with Crippen LogP contribution in [0.5, 0.6) is 0 Å². The number of nitrogen functional groups attached to an aromatic ring is 2. The van der Waals surface area contributed by atoms with Gasteiger partial charge in [0, 0.05) is 22.4 Å². The number of benzene rings is 2. The van der Waals surface area contributed by atoms with Crippen LogP contribution in [0.15, 0.2) is 42.5 Å². The maximum atomic E-state index is 6.00. The molecule has 0 saturated carbocycles. The Kier molecular flexibility index (Phi) is 1.82. The summed E-state index contributed by atoms with van der Waals surface area (Å²) in [6.07, 6.45) is 0. The van der Waals surface area contributed by atoms with Gasteiger partial charge in [-0.05, 0) is 22.9 Å². The average molecular weight is 248 g/mol. The van der Waals surface area contributed by atoms with Crippen molar-refractivity contribution >= 4 is 44.2 Å². The summed E-state index contributed by atoms with van der Waals surface area (Å²) in [5.74, 6) is 0.901. The van der Waals surface area contributed by atoms with Crippen LogP contribution in [-0.2, 0) is 0 Å². The third-order valence-electron chi connectivity index (χ3n) is 3.49. The van der Waals surface area contributed by atoms with Crippen molar-refractivity contribution in [2.24, 2.45) is 0 Å². The summed E-state index contributed by atoms with van der Waals surface area (Å²) in [6, 6.07) is 14.3. The molecule has 0 atom stereocenters. The minimum atomic E-state index is 0.432. The van der Waals surface area contributed by atoms with Gasteiger partial charge in [0.1, 0.15) is 11.6 Å². The third-order valence-corrected chi connectivity index (χ3v) is 3.49. The zero-order chi connectivity index (χ0) is 13.0. The zero-order valence-electron chi connectivity index (χ0n) is 10.1. The number of nitrogens with one attached hydrogen (secondary N) is 1. The van der Waals surface area contributed by atoms with E-state index in [1.54, 1.807) is 0 Å². The Morgan fingerprint density at radius 1 is 0.895 bits per heavy atom. The van der Waals surface area contributed by atoms with Crippen molar-refractivity contribution < 1.29 is 0 Å². The van der Waals surface area contributed by atoms with E-state index < -0.39 is 0 Å². The van der Waals surface area contributed by atoms with Gasteiger partial charge in [0.15, 0.2) is 0 Å². The van der Waals surface area contributed by atoms with Crippen LogP contribution in [0.2, 0.25) is 0 Å². The Labute approximate surface area is 109 Å². The van der Waals surface area contributed by atoms with E-state index in [0.717, 1.165) is 21.8 Å². The van der Waals surface area contributed by atoms with Gasteiger partial charge in [-0.3, -0.25) is 0 Å². The minimum Gasteiger partial charge on any atom is -0.384 e. The molecule has 2 heterocycles. The number of H-pyrrole nitrogens is 1. The maximum absolute atomic E-state index is 6.00. The molecular weight excluding hydrogens is 236 g/mol. The van der Waals surface area contributed by atoms with Crippen molar-refractivity contribution in [1.29, 1.82) is 0 Å². The highest BCUT2D eigenvalue weighted by molar-refractivity contribution is 6.15. The van der Waals surface area contributed by atoms with Gasteiger partial charge >= 0.3 is 0 Å². The largest absolute Gasteiger partial charge is 0.384 e. The van der Waals surface area contributed by atoms with Crippen LogP contribution in [0, 0.1) is 0 Å².